The highest BCUT2D eigenvalue weighted by Gasteiger charge is 2.11. The molecule has 0 aliphatic carbocycles. The van der Waals surface area contributed by atoms with E-state index in [0.717, 1.165) is 10.2 Å². The lowest BCUT2D eigenvalue weighted by Gasteiger charge is -2.10. The first kappa shape index (κ1) is 16.5. The van der Waals surface area contributed by atoms with Crippen molar-refractivity contribution in [1.82, 2.24) is 9.78 Å². The van der Waals surface area contributed by atoms with E-state index in [1.54, 1.807) is 38.3 Å². The topological polar surface area (TPSA) is 79.7 Å². The van der Waals surface area contributed by atoms with Crippen molar-refractivity contribution in [3.8, 4) is 22.8 Å². The van der Waals surface area contributed by atoms with Gasteiger partial charge in [-0.25, -0.2) is 4.68 Å². The zero-order chi connectivity index (χ0) is 16.8. The van der Waals surface area contributed by atoms with Crippen LogP contribution >= 0.6 is 0 Å². The van der Waals surface area contributed by atoms with Crippen LogP contribution in [0.3, 0.4) is 0 Å². The maximum atomic E-state index is 11.8. The first-order valence-corrected chi connectivity index (χ1v) is 7.05. The Labute approximate surface area is 133 Å². The molecule has 0 aliphatic heterocycles. The number of nitrogens with zero attached hydrogens (tertiary/aromatic N) is 2. The SMILES string of the molecule is CCOC(=O)Cn1nc(-c2ccc(OC)c(OC)c2)ccc1=O. The van der Waals surface area contributed by atoms with Crippen LogP contribution in [0.1, 0.15) is 6.92 Å². The monoisotopic (exact) mass is 318 g/mol. The third-order valence-corrected chi connectivity index (χ3v) is 3.13. The van der Waals surface area contributed by atoms with Crippen molar-refractivity contribution in [3.63, 3.8) is 0 Å². The maximum absolute atomic E-state index is 11.8. The molecule has 2 rings (SSSR count). The Morgan fingerprint density at radius 1 is 1.13 bits per heavy atom. The van der Waals surface area contributed by atoms with Crippen LogP contribution < -0.4 is 15.0 Å². The van der Waals surface area contributed by atoms with Gasteiger partial charge in [-0.2, -0.15) is 5.10 Å². The molecule has 0 fully saturated rings. The summed E-state index contributed by atoms with van der Waals surface area (Å²) >= 11 is 0. The van der Waals surface area contributed by atoms with Gasteiger partial charge in [0.2, 0.25) is 0 Å². The zero-order valence-electron chi connectivity index (χ0n) is 13.2. The Morgan fingerprint density at radius 3 is 2.52 bits per heavy atom. The summed E-state index contributed by atoms with van der Waals surface area (Å²) in [4.78, 5) is 23.4. The van der Waals surface area contributed by atoms with Crippen LogP contribution in [-0.4, -0.2) is 36.6 Å². The van der Waals surface area contributed by atoms with E-state index in [9.17, 15) is 9.59 Å². The van der Waals surface area contributed by atoms with Gasteiger partial charge in [0.1, 0.15) is 6.54 Å². The summed E-state index contributed by atoms with van der Waals surface area (Å²) in [5, 5.41) is 4.20. The number of hydrogen-bond acceptors (Lipinski definition) is 6. The summed E-state index contributed by atoms with van der Waals surface area (Å²) in [7, 11) is 3.09. The average molecular weight is 318 g/mol. The molecule has 0 saturated carbocycles. The molecule has 0 spiro atoms. The van der Waals surface area contributed by atoms with Crippen LogP contribution in [0, 0.1) is 0 Å². The molecular weight excluding hydrogens is 300 g/mol. The van der Waals surface area contributed by atoms with E-state index in [1.807, 2.05) is 0 Å². The quantitative estimate of drug-likeness (QED) is 0.751. The molecule has 0 unspecified atom stereocenters. The lowest BCUT2D eigenvalue weighted by molar-refractivity contribution is -0.144. The number of carbonyl (C=O) groups excluding carboxylic acids is 1. The smallest absolute Gasteiger partial charge is 0.327 e. The Kier molecular flexibility index (Phi) is 5.35. The van der Waals surface area contributed by atoms with E-state index < -0.39 is 5.97 Å². The first-order chi connectivity index (χ1) is 11.1. The summed E-state index contributed by atoms with van der Waals surface area (Å²) < 4.78 is 16.4. The number of aromatic nitrogens is 2. The van der Waals surface area contributed by atoms with Crippen LogP contribution in [0.15, 0.2) is 35.1 Å². The molecule has 0 aliphatic rings. The Bertz CT molecular complexity index is 754. The van der Waals surface area contributed by atoms with Gasteiger partial charge < -0.3 is 14.2 Å². The van der Waals surface area contributed by atoms with Gasteiger partial charge in [-0.1, -0.05) is 0 Å². The lowest BCUT2D eigenvalue weighted by atomic mass is 10.1. The molecule has 0 bridgehead atoms. The van der Waals surface area contributed by atoms with Crippen LogP contribution in [0.25, 0.3) is 11.3 Å². The lowest BCUT2D eigenvalue weighted by Crippen LogP contribution is -2.27. The molecule has 1 aromatic heterocycles. The normalized spacial score (nSPS) is 10.2. The van der Waals surface area contributed by atoms with E-state index in [0.29, 0.717) is 17.2 Å². The summed E-state index contributed by atoms with van der Waals surface area (Å²) in [5.74, 6) is 0.637. The van der Waals surface area contributed by atoms with Gasteiger partial charge in [-0.3, -0.25) is 9.59 Å². The molecule has 0 radical (unpaired) electrons. The second-order valence-electron chi connectivity index (χ2n) is 4.59. The Balaban J connectivity index is 2.37. The fourth-order valence-electron chi connectivity index (χ4n) is 2.04. The standard InChI is InChI=1S/C16H18N2O5/c1-4-23-16(20)10-18-15(19)8-6-12(17-18)11-5-7-13(21-2)14(9-11)22-3/h5-9H,4,10H2,1-3H3. The van der Waals surface area contributed by atoms with Gasteiger partial charge in [0.25, 0.3) is 5.56 Å². The van der Waals surface area contributed by atoms with Gasteiger partial charge in [0.15, 0.2) is 11.5 Å². The maximum Gasteiger partial charge on any atom is 0.327 e. The van der Waals surface area contributed by atoms with Gasteiger partial charge in [-0.05, 0) is 31.2 Å². The van der Waals surface area contributed by atoms with Gasteiger partial charge in [-0.15, -0.1) is 0 Å². The molecule has 23 heavy (non-hydrogen) atoms. The number of rotatable bonds is 6. The molecule has 0 N–H and O–H groups in total. The molecule has 1 aromatic carbocycles. The predicted octanol–water partition coefficient (Wildman–Crippen LogP) is 1.49. The van der Waals surface area contributed by atoms with Crippen molar-refractivity contribution in [2.24, 2.45) is 0 Å². The number of hydrogen-bond donors (Lipinski definition) is 0. The third-order valence-electron chi connectivity index (χ3n) is 3.13. The van der Waals surface area contributed by atoms with Crippen LogP contribution in [0.2, 0.25) is 0 Å². The molecule has 0 atom stereocenters. The second kappa shape index (κ2) is 7.44. The molecule has 122 valence electrons. The van der Waals surface area contributed by atoms with Crippen molar-refractivity contribution in [2.75, 3.05) is 20.8 Å². The summed E-state index contributed by atoms with van der Waals surface area (Å²) in [5.41, 5.74) is 0.900. The number of benzene rings is 1. The minimum Gasteiger partial charge on any atom is -0.493 e. The second-order valence-corrected chi connectivity index (χ2v) is 4.59. The predicted molar refractivity (Wildman–Crippen MR) is 83.7 cm³/mol. The first-order valence-electron chi connectivity index (χ1n) is 7.05. The van der Waals surface area contributed by atoms with E-state index in [4.69, 9.17) is 14.2 Å². The summed E-state index contributed by atoms with van der Waals surface area (Å²) in [6.07, 6.45) is 0. The fraction of sp³-hybridized carbons (Fsp3) is 0.312. The summed E-state index contributed by atoms with van der Waals surface area (Å²) in [6, 6.07) is 8.24. The Hall–Kier alpha value is -2.83. The highest BCUT2D eigenvalue weighted by atomic mass is 16.5. The van der Waals surface area contributed by atoms with Crippen molar-refractivity contribution >= 4 is 5.97 Å². The number of carbonyl (C=O) groups is 1. The van der Waals surface area contributed by atoms with E-state index in [1.165, 1.54) is 13.2 Å². The van der Waals surface area contributed by atoms with Crippen molar-refractivity contribution in [2.45, 2.75) is 13.5 Å². The van der Waals surface area contributed by atoms with Gasteiger partial charge in [0.05, 0.1) is 26.5 Å². The number of esters is 1. The number of methoxy groups -OCH3 is 2. The van der Waals surface area contributed by atoms with Gasteiger partial charge >= 0.3 is 5.97 Å². The van der Waals surface area contributed by atoms with Crippen LogP contribution in [0.4, 0.5) is 0 Å². The molecule has 1 heterocycles. The molecular formula is C16H18N2O5. The number of ether oxygens (including phenoxy) is 3. The third kappa shape index (κ3) is 3.88. The van der Waals surface area contributed by atoms with Crippen LogP contribution in [0.5, 0.6) is 11.5 Å². The highest BCUT2D eigenvalue weighted by molar-refractivity contribution is 5.69. The van der Waals surface area contributed by atoms with E-state index in [2.05, 4.69) is 5.10 Å². The largest absolute Gasteiger partial charge is 0.493 e. The summed E-state index contributed by atoms with van der Waals surface area (Å²) in [6.45, 7) is 1.73. The van der Waals surface area contributed by atoms with Crippen LogP contribution in [-0.2, 0) is 16.1 Å². The van der Waals surface area contributed by atoms with Crippen molar-refractivity contribution in [1.29, 1.82) is 0 Å². The average Bonchev–Trinajstić information content (AvgIpc) is 2.56. The molecule has 0 amide bonds. The fourth-order valence-corrected chi connectivity index (χ4v) is 2.04. The minimum absolute atomic E-state index is 0.228. The Morgan fingerprint density at radius 2 is 1.87 bits per heavy atom. The molecule has 0 saturated heterocycles. The van der Waals surface area contributed by atoms with E-state index >= 15 is 0 Å². The van der Waals surface area contributed by atoms with E-state index in [-0.39, 0.29) is 18.7 Å². The molecule has 2 aromatic rings. The van der Waals surface area contributed by atoms with Crippen molar-refractivity contribution in [3.05, 3.63) is 40.7 Å². The molecule has 7 nitrogen and oxygen atoms in total. The van der Waals surface area contributed by atoms with Crippen molar-refractivity contribution < 1.29 is 19.0 Å². The molecule has 7 heteroatoms. The zero-order valence-corrected chi connectivity index (χ0v) is 13.2. The van der Waals surface area contributed by atoms with Gasteiger partial charge in [0, 0.05) is 11.6 Å². The highest BCUT2D eigenvalue weighted by Crippen LogP contribution is 2.31. The minimum atomic E-state index is -0.508.